The van der Waals surface area contributed by atoms with Crippen LogP contribution in [0.15, 0.2) is 60.7 Å². The lowest BCUT2D eigenvalue weighted by molar-refractivity contribution is -0.444. The highest BCUT2D eigenvalue weighted by Gasteiger charge is 2.27. The molecule has 0 radical (unpaired) electrons. The maximum absolute atomic E-state index is 12.8. The van der Waals surface area contributed by atoms with Crippen LogP contribution in [0.25, 0.3) is 0 Å². The van der Waals surface area contributed by atoms with E-state index in [9.17, 15) is 5.11 Å². The van der Waals surface area contributed by atoms with Gasteiger partial charge in [-0.15, -0.1) is 0 Å². The van der Waals surface area contributed by atoms with Gasteiger partial charge in [-0.3, -0.25) is 0 Å². The molecule has 0 amide bonds. The maximum atomic E-state index is 12.8. The SMILES string of the molecule is CCC(C)(c1ccccc1)C([O-])c1ccccc1. The monoisotopic (exact) mass is 239 g/mol. The van der Waals surface area contributed by atoms with Crippen LogP contribution in [0.2, 0.25) is 0 Å². The van der Waals surface area contributed by atoms with Gasteiger partial charge in [0, 0.05) is 0 Å². The van der Waals surface area contributed by atoms with E-state index < -0.39 is 6.10 Å². The highest BCUT2D eigenvalue weighted by Crippen LogP contribution is 2.37. The summed E-state index contributed by atoms with van der Waals surface area (Å²) in [6.07, 6.45) is 0.103. The average Bonchev–Trinajstić information content (AvgIpc) is 2.47. The van der Waals surface area contributed by atoms with Gasteiger partial charge >= 0.3 is 0 Å². The summed E-state index contributed by atoms with van der Waals surface area (Å²) in [4.78, 5) is 0. The molecule has 2 aromatic rings. The van der Waals surface area contributed by atoms with E-state index in [0.717, 1.165) is 17.5 Å². The van der Waals surface area contributed by atoms with Crippen molar-refractivity contribution in [2.45, 2.75) is 31.8 Å². The van der Waals surface area contributed by atoms with Crippen LogP contribution in [0.1, 0.15) is 37.5 Å². The first kappa shape index (κ1) is 12.8. The van der Waals surface area contributed by atoms with Crippen LogP contribution in [-0.4, -0.2) is 0 Å². The molecule has 2 aromatic carbocycles. The lowest BCUT2D eigenvalue weighted by Gasteiger charge is -2.43. The average molecular weight is 239 g/mol. The zero-order valence-electron chi connectivity index (χ0n) is 11.0. The molecular weight excluding hydrogens is 220 g/mol. The van der Waals surface area contributed by atoms with Gasteiger partial charge in [0.15, 0.2) is 0 Å². The molecule has 0 saturated heterocycles. The van der Waals surface area contributed by atoms with Gasteiger partial charge < -0.3 is 5.11 Å². The number of hydrogen-bond acceptors (Lipinski definition) is 1. The van der Waals surface area contributed by atoms with Gasteiger partial charge in [-0.1, -0.05) is 86.2 Å². The van der Waals surface area contributed by atoms with Gasteiger partial charge in [0.1, 0.15) is 0 Å². The molecule has 0 heterocycles. The third kappa shape index (κ3) is 2.32. The minimum atomic E-state index is -0.730. The van der Waals surface area contributed by atoms with E-state index in [1.54, 1.807) is 0 Å². The Morgan fingerprint density at radius 3 is 1.94 bits per heavy atom. The fourth-order valence-corrected chi connectivity index (χ4v) is 2.36. The molecule has 0 saturated carbocycles. The first-order valence-electron chi connectivity index (χ1n) is 6.45. The Morgan fingerprint density at radius 2 is 1.44 bits per heavy atom. The molecule has 2 atom stereocenters. The van der Waals surface area contributed by atoms with Crippen molar-refractivity contribution in [1.82, 2.24) is 0 Å². The zero-order valence-corrected chi connectivity index (χ0v) is 11.0. The van der Waals surface area contributed by atoms with E-state index in [4.69, 9.17) is 0 Å². The Kier molecular flexibility index (Phi) is 3.83. The summed E-state index contributed by atoms with van der Waals surface area (Å²) in [7, 11) is 0. The van der Waals surface area contributed by atoms with Gasteiger partial charge in [-0.25, -0.2) is 0 Å². The normalized spacial score (nSPS) is 15.9. The van der Waals surface area contributed by atoms with Gasteiger partial charge in [-0.05, 0) is 17.4 Å². The molecular formula is C17H19O-. The minimum Gasteiger partial charge on any atom is -0.848 e. The highest BCUT2D eigenvalue weighted by atomic mass is 16.3. The lowest BCUT2D eigenvalue weighted by Crippen LogP contribution is -2.37. The van der Waals surface area contributed by atoms with Crippen molar-refractivity contribution in [2.24, 2.45) is 0 Å². The number of benzene rings is 2. The summed E-state index contributed by atoms with van der Waals surface area (Å²) in [5, 5.41) is 12.8. The van der Waals surface area contributed by atoms with Gasteiger partial charge in [-0.2, -0.15) is 0 Å². The van der Waals surface area contributed by atoms with Crippen molar-refractivity contribution >= 4 is 0 Å². The first-order chi connectivity index (χ1) is 8.68. The predicted molar refractivity (Wildman–Crippen MR) is 73.3 cm³/mol. The molecule has 0 aromatic heterocycles. The second-order valence-electron chi connectivity index (χ2n) is 4.93. The molecule has 0 spiro atoms. The molecule has 2 unspecified atom stereocenters. The topological polar surface area (TPSA) is 23.1 Å². The van der Waals surface area contributed by atoms with Crippen molar-refractivity contribution in [2.75, 3.05) is 0 Å². The molecule has 1 nitrogen and oxygen atoms in total. The van der Waals surface area contributed by atoms with E-state index in [2.05, 4.69) is 26.0 Å². The van der Waals surface area contributed by atoms with Crippen LogP contribution in [0, 0.1) is 0 Å². The molecule has 0 aliphatic rings. The second-order valence-corrected chi connectivity index (χ2v) is 4.93. The lowest BCUT2D eigenvalue weighted by atomic mass is 9.73. The van der Waals surface area contributed by atoms with Gasteiger partial charge in [0.05, 0.1) is 0 Å². The largest absolute Gasteiger partial charge is 0.848 e. The van der Waals surface area contributed by atoms with Crippen molar-refractivity contribution < 1.29 is 5.11 Å². The fourth-order valence-electron chi connectivity index (χ4n) is 2.36. The second kappa shape index (κ2) is 5.36. The van der Waals surface area contributed by atoms with E-state index >= 15 is 0 Å². The van der Waals surface area contributed by atoms with Crippen molar-refractivity contribution in [1.29, 1.82) is 0 Å². The Bertz CT molecular complexity index is 477. The fraction of sp³-hybridized carbons (Fsp3) is 0.294. The van der Waals surface area contributed by atoms with Crippen LogP contribution in [0.4, 0.5) is 0 Å². The van der Waals surface area contributed by atoms with Crippen molar-refractivity contribution in [3.05, 3.63) is 71.8 Å². The Hall–Kier alpha value is -1.60. The summed E-state index contributed by atoms with van der Waals surface area (Å²) in [6.45, 7) is 4.15. The maximum Gasteiger partial charge on any atom is -0.0162 e. The minimum absolute atomic E-state index is 0.359. The summed E-state index contributed by atoms with van der Waals surface area (Å²) in [5.74, 6) is 0. The molecule has 0 N–H and O–H groups in total. The van der Waals surface area contributed by atoms with E-state index in [-0.39, 0.29) is 5.41 Å². The third-order valence-corrected chi connectivity index (χ3v) is 3.85. The standard InChI is InChI=1S/C17H19O/c1-3-17(2,15-12-8-5-9-13-15)16(18)14-10-6-4-7-11-14/h4-13,16H,3H2,1-2H3/q-1. The molecule has 0 aliphatic carbocycles. The first-order valence-corrected chi connectivity index (χ1v) is 6.45. The third-order valence-electron chi connectivity index (χ3n) is 3.85. The van der Waals surface area contributed by atoms with E-state index in [1.165, 1.54) is 0 Å². The smallest absolute Gasteiger partial charge is 0.0162 e. The molecule has 0 aliphatic heterocycles. The number of hydrogen-bond donors (Lipinski definition) is 0. The highest BCUT2D eigenvalue weighted by molar-refractivity contribution is 5.30. The van der Waals surface area contributed by atoms with Crippen LogP contribution in [-0.2, 0) is 5.41 Å². The Balaban J connectivity index is 2.39. The van der Waals surface area contributed by atoms with Gasteiger partial charge in [0.25, 0.3) is 0 Å². The predicted octanol–water partition coefficient (Wildman–Crippen LogP) is 3.46. The van der Waals surface area contributed by atoms with Crippen molar-refractivity contribution in [3.8, 4) is 0 Å². The molecule has 94 valence electrons. The zero-order chi connectivity index (χ0) is 13.0. The van der Waals surface area contributed by atoms with Crippen LogP contribution in [0.5, 0.6) is 0 Å². The van der Waals surface area contributed by atoms with Crippen LogP contribution >= 0.6 is 0 Å². The van der Waals surface area contributed by atoms with Crippen LogP contribution in [0.3, 0.4) is 0 Å². The number of rotatable bonds is 4. The summed E-state index contributed by atoms with van der Waals surface area (Å²) in [5.41, 5.74) is 1.63. The Morgan fingerprint density at radius 1 is 0.944 bits per heavy atom. The summed E-state index contributed by atoms with van der Waals surface area (Å²) < 4.78 is 0. The summed E-state index contributed by atoms with van der Waals surface area (Å²) in [6, 6.07) is 19.8. The van der Waals surface area contributed by atoms with Crippen molar-refractivity contribution in [3.63, 3.8) is 0 Å². The summed E-state index contributed by atoms with van der Waals surface area (Å²) >= 11 is 0. The molecule has 18 heavy (non-hydrogen) atoms. The van der Waals surface area contributed by atoms with E-state index in [0.29, 0.717) is 0 Å². The van der Waals surface area contributed by atoms with Crippen LogP contribution < -0.4 is 5.11 Å². The molecule has 0 fully saturated rings. The molecule has 1 heteroatoms. The van der Waals surface area contributed by atoms with E-state index in [1.807, 2.05) is 48.5 Å². The molecule has 2 rings (SSSR count). The quantitative estimate of drug-likeness (QED) is 0.801. The Labute approximate surface area is 109 Å². The van der Waals surface area contributed by atoms with Gasteiger partial charge in [0.2, 0.25) is 0 Å². The molecule has 0 bridgehead atoms.